The monoisotopic (exact) mass is 642 g/mol. The predicted octanol–water partition coefficient (Wildman–Crippen LogP) is 12.8. The highest BCUT2D eigenvalue weighted by Gasteiger charge is 2.14. The van der Waals surface area contributed by atoms with Gasteiger partial charge in [-0.15, -0.1) is 0 Å². The van der Waals surface area contributed by atoms with Gasteiger partial charge in [-0.1, -0.05) is 153 Å². The summed E-state index contributed by atoms with van der Waals surface area (Å²) in [5.74, 6) is 0.611. The van der Waals surface area contributed by atoms with Crippen LogP contribution in [0.1, 0.15) is 34.7 Å². The fourth-order valence-electron chi connectivity index (χ4n) is 6.41. The molecule has 0 radical (unpaired) electrons. The highest BCUT2D eigenvalue weighted by Crippen LogP contribution is 2.37. The average molecular weight is 643 g/mol. The Balaban J connectivity index is 1.39. The van der Waals surface area contributed by atoms with E-state index in [4.69, 9.17) is 9.98 Å². The summed E-state index contributed by atoms with van der Waals surface area (Å²) in [6.07, 6.45) is 5.78. The van der Waals surface area contributed by atoms with Gasteiger partial charge in [-0.2, -0.15) is 0 Å². The quantitative estimate of drug-likeness (QED) is 0.0682. The molecule has 7 aromatic rings. The molecule has 0 saturated heterocycles. The van der Waals surface area contributed by atoms with Gasteiger partial charge in [-0.25, -0.2) is 9.98 Å². The Morgan fingerprint density at radius 1 is 0.560 bits per heavy atom. The third-order valence-electron chi connectivity index (χ3n) is 9.11. The summed E-state index contributed by atoms with van der Waals surface area (Å²) in [5, 5.41) is 4.94. The fourth-order valence-corrected chi connectivity index (χ4v) is 6.41. The van der Waals surface area contributed by atoms with Crippen molar-refractivity contribution in [2.75, 3.05) is 0 Å². The van der Waals surface area contributed by atoms with Crippen molar-refractivity contribution in [2.45, 2.75) is 13.8 Å². The lowest BCUT2D eigenvalue weighted by Gasteiger charge is -2.15. The van der Waals surface area contributed by atoms with Crippen molar-refractivity contribution < 1.29 is 0 Å². The van der Waals surface area contributed by atoms with Crippen LogP contribution in [0.4, 0.5) is 0 Å². The number of amidine groups is 1. The Morgan fingerprint density at radius 3 is 1.98 bits per heavy atom. The molecule has 0 amide bonds. The maximum absolute atomic E-state index is 5.23. The first kappa shape index (κ1) is 32.2. The fraction of sp³-hybridized carbons (Fsp3) is 0.0417. The molecule has 0 atom stereocenters. The SMILES string of the molecule is C=C/C=C\c1cc(C(=C)N=C(N=C(C)c2cc(-c3ccccc3)cc(-c3cc4ccccc4c4ccccc34)c2)c2ccccc2)ccc1C. The largest absolute Gasteiger partial charge is 0.233 e. The zero-order chi connectivity index (χ0) is 34.5. The van der Waals surface area contributed by atoms with Gasteiger partial charge in [0.1, 0.15) is 0 Å². The van der Waals surface area contributed by atoms with Crippen LogP contribution in [0.15, 0.2) is 187 Å². The smallest absolute Gasteiger partial charge is 0.160 e. The highest BCUT2D eigenvalue weighted by atomic mass is 14.9. The molecule has 0 fully saturated rings. The molecule has 0 aliphatic heterocycles. The van der Waals surface area contributed by atoms with Crippen molar-refractivity contribution in [1.82, 2.24) is 0 Å². The van der Waals surface area contributed by atoms with Gasteiger partial charge in [0.2, 0.25) is 0 Å². The minimum absolute atomic E-state index is 0.611. The molecule has 0 aromatic heterocycles. The molecule has 0 saturated carbocycles. The summed E-state index contributed by atoms with van der Waals surface area (Å²) >= 11 is 0. The number of aryl methyl sites for hydroxylation is 1. The van der Waals surface area contributed by atoms with E-state index in [1.165, 1.54) is 32.7 Å². The van der Waals surface area contributed by atoms with E-state index in [1.807, 2.05) is 36.4 Å². The summed E-state index contributed by atoms with van der Waals surface area (Å²) in [6, 6.07) is 53.4. The number of hydrogen-bond acceptors (Lipinski definition) is 1. The number of nitrogens with zero attached hydrogens (tertiary/aromatic N) is 2. The number of aliphatic imine (C=N–C) groups is 2. The van der Waals surface area contributed by atoms with Gasteiger partial charge in [0.25, 0.3) is 0 Å². The summed E-state index contributed by atoms with van der Waals surface area (Å²) in [4.78, 5) is 10.3. The molecule has 0 unspecified atom stereocenters. The molecular weight excluding hydrogens is 605 g/mol. The molecule has 50 heavy (non-hydrogen) atoms. The second kappa shape index (κ2) is 14.4. The standard InChI is InChI=1S/C48H38N2/c1-5-6-17-38-28-39(27-26-33(38)2)34(3)49-48(37-20-11-8-12-21-37)50-35(4)41-29-42(36-18-9-7-10-19-36)31-43(30-41)47-32-40-22-13-14-23-44(40)45-24-15-16-25-46(45)47/h5-32H,1,3H2,2,4H3/b17-6-,49-48?,50-35?. The first-order valence-electron chi connectivity index (χ1n) is 16.9. The molecule has 0 aliphatic carbocycles. The molecule has 0 aliphatic rings. The minimum Gasteiger partial charge on any atom is -0.233 e. The van der Waals surface area contributed by atoms with E-state index in [-0.39, 0.29) is 0 Å². The normalized spacial score (nSPS) is 12.1. The zero-order valence-corrected chi connectivity index (χ0v) is 28.5. The molecule has 0 N–H and O–H groups in total. The molecule has 0 bridgehead atoms. The molecule has 0 heterocycles. The van der Waals surface area contributed by atoms with Crippen LogP contribution in [-0.4, -0.2) is 11.5 Å². The van der Waals surface area contributed by atoms with Crippen molar-refractivity contribution in [2.24, 2.45) is 9.98 Å². The van der Waals surface area contributed by atoms with Gasteiger partial charge in [0.15, 0.2) is 5.84 Å². The van der Waals surface area contributed by atoms with Crippen LogP contribution in [0.5, 0.6) is 0 Å². The predicted molar refractivity (Wildman–Crippen MR) is 217 cm³/mol. The van der Waals surface area contributed by atoms with Gasteiger partial charge < -0.3 is 0 Å². The molecule has 0 spiro atoms. The van der Waals surface area contributed by atoms with Gasteiger partial charge in [-0.3, -0.25) is 0 Å². The van der Waals surface area contributed by atoms with Crippen molar-refractivity contribution in [3.63, 3.8) is 0 Å². The van der Waals surface area contributed by atoms with Crippen molar-refractivity contribution in [3.05, 3.63) is 205 Å². The summed E-state index contributed by atoms with van der Waals surface area (Å²) in [5.41, 5.74) is 11.3. The number of allylic oxidation sites excluding steroid dienone is 2. The maximum atomic E-state index is 5.23. The number of hydrogen-bond donors (Lipinski definition) is 0. The number of rotatable bonds is 8. The van der Waals surface area contributed by atoms with Crippen LogP contribution in [0.2, 0.25) is 0 Å². The zero-order valence-electron chi connectivity index (χ0n) is 28.5. The van der Waals surface area contributed by atoms with Crippen LogP contribution in [-0.2, 0) is 0 Å². The second-order valence-electron chi connectivity index (χ2n) is 12.5. The van der Waals surface area contributed by atoms with Crippen LogP contribution in [0.25, 0.3) is 55.6 Å². The lowest BCUT2D eigenvalue weighted by molar-refractivity contribution is 1.39. The minimum atomic E-state index is 0.611. The van der Waals surface area contributed by atoms with Crippen LogP contribution < -0.4 is 0 Å². The molecule has 240 valence electrons. The van der Waals surface area contributed by atoms with E-state index in [1.54, 1.807) is 6.08 Å². The van der Waals surface area contributed by atoms with E-state index in [0.29, 0.717) is 11.5 Å². The third-order valence-corrected chi connectivity index (χ3v) is 9.11. The lowest BCUT2D eigenvalue weighted by Crippen LogP contribution is -2.05. The van der Waals surface area contributed by atoms with Gasteiger partial charge in [-0.05, 0) is 105 Å². The Kier molecular flexibility index (Phi) is 9.26. The summed E-state index contributed by atoms with van der Waals surface area (Å²) in [7, 11) is 0. The first-order chi connectivity index (χ1) is 24.5. The molecule has 2 heteroatoms. The van der Waals surface area contributed by atoms with Crippen molar-refractivity contribution in [1.29, 1.82) is 0 Å². The Labute approximate surface area is 294 Å². The lowest BCUT2D eigenvalue weighted by atomic mass is 9.90. The van der Waals surface area contributed by atoms with E-state index < -0.39 is 0 Å². The summed E-state index contributed by atoms with van der Waals surface area (Å²) < 4.78 is 0. The van der Waals surface area contributed by atoms with Crippen molar-refractivity contribution >= 4 is 44.9 Å². The van der Waals surface area contributed by atoms with Gasteiger partial charge in [0, 0.05) is 16.8 Å². The first-order valence-corrected chi connectivity index (χ1v) is 16.9. The highest BCUT2D eigenvalue weighted by molar-refractivity contribution is 6.16. The third kappa shape index (κ3) is 6.78. The molecular formula is C48H38N2. The molecule has 7 rings (SSSR count). The Hall–Kier alpha value is -6.38. The Morgan fingerprint density at radius 2 is 1.22 bits per heavy atom. The Bertz CT molecular complexity index is 2460. The number of fused-ring (bicyclic) bond motifs is 3. The van der Waals surface area contributed by atoms with E-state index >= 15 is 0 Å². The molecule has 2 nitrogen and oxygen atoms in total. The number of benzene rings is 7. The van der Waals surface area contributed by atoms with E-state index in [0.717, 1.165) is 44.7 Å². The van der Waals surface area contributed by atoms with E-state index in [2.05, 4.69) is 154 Å². The van der Waals surface area contributed by atoms with Gasteiger partial charge >= 0.3 is 0 Å². The van der Waals surface area contributed by atoms with Crippen LogP contribution in [0.3, 0.4) is 0 Å². The second-order valence-corrected chi connectivity index (χ2v) is 12.5. The average Bonchev–Trinajstić information content (AvgIpc) is 3.17. The van der Waals surface area contributed by atoms with E-state index in [9.17, 15) is 0 Å². The van der Waals surface area contributed by atoms with Gasteiger partial charge in [0.05, 0.1) is 5.70 Å². The van der Waals surface area contributed by atoms with Crippen LogP contribution in [0, 0.1) is 6.92 Å². The van der Waals surface area contributed by atoms with Crippen molar-refractivity contribution in [3.8, 4) is 22.3 Å². The summed E-state index contributed by atoms with van der Waals surface area (Å²) in [6.45, 7) is 12.4. The maximum Gasteiger partial charge on any atom is 0.160 e. The molecule has 7 aromatic carbocycles. The topological polar surface area (TPSA) is 24.7 Å². The van der Waals surface area contributed by atoms with Crippen LogP contribution >= 0.6 is 0 Å².